The summed E-state index contributed by atoms with van der Waals surface area (Å²) in [5.41, 5.74) is 0. The number of H-pyrrole nitrogens is 1. The third-order valence-corrected chi connectivity index (χ3v) is 6.54. The first-order valence-electron chi connectivity index (χ1n) is 8.29. The SMILES string of the molecule is O=S(=O)(c1cc(F)cc(F)c1)N1CCC(Cc2nc(C3CC3)n[nH]2)C1. The summed E-state index contributed by atoms with van der Waals surface area (Å²) < 4.78 is 53.2. The van der Waals surface area contributed by atoms with Gasteiger partial charge in [0.2, 0.25) is 10.0 Å². The van der Waals surface area contributed by atoms with Crippen molar-refractivity contribution in [2.75, 3.05) is 13.1 Å². The van der Waals surface area contributed by atoms with Crippen LogP contribution in [0.25, 0.3) is 0 Å². The topological polar surface area (TPSA) is 79.0 Å². The molecule has 134 valence electrons. The lowest BCUT2D eigenvalue weighted by molar-refractivity contribution is 0.452. The lowest BCUT2D eigenvalue weighted by atomic mass is 10.1. The molecule has 25 heavy (non-hydrogen) atoms. The van der Waals surface area contributed by atoms with Crippen LogP contribution in [0.15, 0.2) is 23.1 Å². The predicted octanol–water partition coefficient (Wildman–Crippen LogP) is 2.21. The van der Waals surface area contributed by atoms with E-state index < -0.39 is 21.7 Å². The quantitative estimate of drug-likeness (QED) is 0.878. The molecule has 2 aliphatic rings. The maximum Gasteiger partial charge on any atom is 0.243 e. The van der Waals surface area contributed by atoms with Crippen molar-refractivity contribution in [2.24, 2.45) is 5.92 Å². The van der Waals surface area contributed by atoms with Crippen LogP contribution in [0.3, 0.4) is 0 Å². The van der Waals surface area contributed by atoms with Crippen molar-refractivity contribution in [3.8, 4) is 0 Å². The summed E-state index contributed by atoms with van der Waals surface area (Å²) in [5, 5.41) is 7.13. The number of rotatable bonds is 5. The van der Waals surface area contributed by atoms with Crippen molar-refractivity contribution in [2.45, 2.75) is 36.5 Å². The Morgan fingerprint density at radius 1 is 1.16 bits per heavy atom. The summed E-state index contributed by atoms with van der Waals surface area (Å²) in [5.74, 6) is 0.379. The fourth-order valence-corrected chi connectivity index (χ4v) is 4.78. The Morgan fingerprint density at radius 3 is 2.56 bits per heavy atom. The second-order valence-electron chi connectivity index (χ2n) is 6.74. The van der Waals surface area contributed by atoms with E-state index in [1.807, 2.05) is 0 Å². The molecule has 0 radical (unpaired) electrons. The van der Waals surface area contributed by atoms with Crippen LogP contribution >= 0.6 is 0 Å². The number of halogens is 2. The normalized spacial score (nSPS) is 21.8. The fourth-order valence-electron chi connectivity index (χ4n) is 3.21. The monoisotopic (exact) mass is 368 g/mol. The minimum atomic E-state index is -3.90. The minimum Gasteiger partial charge on any atom is -0.263 e. The largest absolute Gasteiger partial charge is 0.263 e. The maximum atomic E-state index is 13.3. The smallest absolute Gasteiger partial charge is 0.243 e. The van der Waals surface area contributed by atoms with Gasteiger partial charge in [0.05, 0.1) is 4.90 Å². The van der Waals surface area contributed by atoms with Gasteiger partial charge in [-0.05, 0) is 37.3 Å². The Kier molecular flexibility index (Phi) is 4.07. The van der Waals surface area contributed by atoms with E-state index in [4.69, 9.17) is 0 Å². The molecular formula is C16H18F2N4O2S. The van der Waals surface area contributed by atoms with E-state index in [0.717, 1.165) is 36.6 Å². The Bertz CT molecular complexity index is 875. The third kappa shape index (κ3) is 3.43. The van der Waals surface area contributed by atoms with Crippen LogP contribution in [0, 0.1) is 17.6 Å². The highest BCUT2D eigenvalue weighted by Crippen LogP contribution is 2.38. The molecule has 1 atom stereocenters. The molecule has 4 rings (SSSR count). The maximum absolute atomic E-state index is 13.3. The molecule has 1 unspecified atom stereocenters. The number of nitrogens with one attached hydrogen (secondary N) is 1. The second kappa shape index (κ2) is 6.14. The van der Waals surface area contributed by atoms with E-state index in [9.17, 15) is 17.2 Å². The van der Waals surface area contributed by atoms with Crippen molar-refractivity contribution in [1.82, 2.24) is 19.5 Å². The first kappa shape index (κ1) is 16.6. The molecule has 1 aromatic heterocycles. The molecule has 1 N–H and O–H groups in total. The van der Waals surface area contributed by atoms with Gasteiger partial charge in [0.15, 0.2) is 5.82 Å². The summed E-state index contributed by atoms with van der Waals surface area (Å²) in [6, 6.07) is 2.36. The lowest BCUT2D eigenvalue weighted by Crippen LogP contribution is -2.29. The molecule has 1 saturated heterocycles. The van der Waals surface area contributed by atoms with Crippen LogP contribution in [0.4, 0.5) is 8.78 Å². The van der Waals surface area contributed by atoms with Gasteiger partial charge in [-0.15, -0.1) is 0 Å². The van der Waals surface area contributed by atoms with E-state index >= 15 is 0 Å². The van der Waals surface area contributed by atoms with Crippen LogP contribution in [-0.4, -0.2) is 41.0 Å². The van der Waals surface area contributed by atoms with Crippen LogP contribution in [0.5, 0.6) is 0 Å². The zero-order chi connectivity index (χ0) is 17.6. The highest BCUT2D eigenvalue weighted by Gasteiger charge is 2.34. The highest BCUT2D eigenvalue weighted by molar-refractivity contribution is 7.89. The summed E-state index contributed by atoms with van der Waals surface area (Å²) in [6.45, 7) is 0.634. The lowest BCUT2D eigenvalue weighted by Gasteiger charge is -2.16. The highest BCUT2D eigenvalue weighted by atomic mass is 32.2. The Morgan fingerprint density at radius 2 is 1.88 bits per heavy atom. The minimum absolute atomic E-state index is 0.105. The molecule has 1 aromatic carbocycles. The van der Waals surface area contributed by atoms with Crippen LogP contribution in [-0.2, 0) is 16.4 Å². The van der Waals surface area contributed by atoms with E-state index in [1.165, 1.54) is 4.31 Å². The Hall–Kier alpha value is -1.87. The van der Waals surface area contributed by atoms with Crippen LogP contribution in [0.1, 0.15) is 36.8 Å². The number of aromatic amines is 1. The number of sulfonamides is 1. The van der Waals surface area contributed by atoms with Gasteiger partial charge in [-0.2, -0.15) is 9.40 Å². The third-order valence-electron chi connectivity index (χ3n) is 4.70. The molecule has 6 nitrogen and oxygen atoms in total. The molecule has 2 fully saturated rings. The average molecular weight is 368 g/mol. The van der Waals surface area contributed by atoms with Crippen LogP contribution in [0.2, 0.25) is 0 Å². The van der Waals surface area contributed by atoms with Gasteiger partial charge in [-0.1, -0.05) is 0 Å². The standard InChI is InChI=1S/C16H18F2N4O2S/c17-12-6-13(18)8-14(7-12)25(23,24)22-4-3-10(9-22)5-15-19-16(21-20-15)11-1-2-11/h6-8,10-11H,1-5,9H2,(H,19,20,21). The molecule has 9 heteroatoms. The first-order chi connectivity index (χ1) is 11.9. The van der Waals surface area contributed by atoms with Crippen molar-refractivity contribution < 1.29 is 17.2 Å². The molecule has 0 spiro atoms. The van der Waals surface area contributed by atoms with E-state index in [2.05, 4.69) is 15.2 Å². The number of benzene rings is 1. The number of nitrogens with zero attached hydrogens (tertiary/aromatic N) is 3. The number of hydrogen-bond acceptors (Lipinski definition) is 4. The number of aromatic nitrogens is 3. The van der Waals surface area contributed by atoms with Gasteiger partial charge >= 0.3 is 0 Å². The zero-order valence-electron chi connectivity index (χ0n) is 13.5. The van der Waals surface area contributed by atoms with Crippen molar-refractivity contribution in [1.29, 1.82) is 0 Å². The second-order valence-corrected chi connectivity index (χ2v) is 8.68. The van der Waals surface area contributed by atoms with E-state index in [0.29, 0.717) is 37.9 Å². The fraction of sp³-hybridized carbons (Fsp3) is 0.500. The molecule has 2 aromatic rings. The zero-order valence-corrected chi connectivity index (χ0v) is 14.3. The summed E-state index contributed by atoms with van der Waals surface area (Å²) in [6.07, 6.45) is 3.54. The van der Waals surface area contributed by atoms with Gasteiger partial charge in [0.25, 0.3) is 0 Å². The summed E-state index contributed by atoms with van der Waals surface area (Å²) in [4.78, 5) is 4.12. The molecular weight excluding hydrogens is 350 g/mol. The summed E-state index contributed by atoms with van der Waals surface area (Å²) in [7, 11) is -3.90. The molecule has 1 aliphatic heterocycles. The first-order valence-corrected chi connectivity index (χ1v) is 9.73. The van der Waals surface area contributed by atoms with Gasteiger partial charge in [0.1, 0.15) is 17.5 Å². The van der Waals surface area contributed by atoms with Crippen molar-refractivity contribution in [3.63, 3.8) is 0 Å². The molecule has 1 aliphatic carbocycles. The van der Waals surface area contributed by atoms with Gasteiger partial charge in [0, 0.05) is 31.5 Å². The van der Waals surface area contributed by atoms with Gasteiger partial charge in [-0.3, -0.25) is 5.10 Å². The predicted molar refractivity (Wildman–Crippen MR) is 85.3 cm³/mol. The van der Waals surface area contributed by atoms with E-state index in [-0.39, 0.29) is 10.8 Å². The van der Waals surface area contributed by atoms with Crippen molar-refractivity contribution in [3.05, 3.63) is 41.5 Å². The average Bonchev–Trinajstić information content (AvgIpc) is 3.11. The molecule has 0 bridgehead atoms. The Balaban J connectivity index is 1.45. The molecule has 2 heterocycles. The van der Waals surface area contributed by atoms with Gasteiger partial charge < -0.3 is 0 Å². The van der Waals surface area contributed by atoms with Crippen LogP contribution < -0.4 is 0 Å². The molecule has 0 amide bonds. The van der Waals surface area contributed by atoms with E-state index in [1.54, 1.807) is 0 Å². The number of hydrogen-bond donors (Lipinski definition) is 1. The molecule has 1 saturated carbocycles. The van der Waals surface area contributed by atoms with Gasteiger partial charge in [-0.25, -0.2) is 22.2 Å². The van der Waals surface area contributed by atoms with Crippen molar-refractivity contribution >= 4 is 10.0 Å². The summed E-state index contributed by atoms with van der Waals surface area (Å²) >= 11 is 0. The Labute approximate surface area is 144 Å².